The number of anilines is 1. The van der Waals surface area contributed by atoms with Crippen LogP contribution >= 0.6 is 0 Å². The number of benzene rings is 2. The predicted molar refractivity (Wildman–Crippen MR) is 110 cm³/mol. The molecule has 31 heavy (non-hydrogen) atoms. The summed E-state index contributed by atoms with van der Waals surface area (Å²) >= 11 is 0. The van der Waals surface area contributed by atoms with E-state index in [1.807, 2.05) is 12.1 Å². The molecule has 0 saturated carbocycles. The summed E-state index contributed by atoms with van der Waals surface area (Å²) in [5.74, 6) is -1.03. The third-order valence-corrected chi connectivity index (χ3v) is 4.91. The van der Waals surface area contributed by atoms with E-state index in [1.165, 1.54) is 4.68 Å². The molecule has 5 rings (SSSR count). The summed E-state index contributed by atoms with van der Waals surface area (Å²) < 4.78 is 6.91. The fourth-order valence-electron chi connectivity index (χ4n) is 3.44. The van der Waals surface area contributed by atoms with Crippen LogP contribution in [0.5, 0.6) is 0 Å². The van der Waals surface area contributed by atoms with Gasteiger partial charge in [0.25, 0.3) is 11.8 Å². The van der Waals surface area contributed by atoms with Crippen LogP contribution in [0, 0.1) is 0 Å². The van der Waals surface area contributed by atoms with Gasteiger partial charge in [-0.05, 0) is 30.3 Å². The number of para-hydroxylation sites is 1. The Bertz CT molecular complexity index is 1450. The number of β-amino-alcohol motifs (C(OH)–C–C–N with tert-alkyl or cyclic N) is 1. The Hall–Kier alpha value is -4.31. The fourth-order valence-corrected chi connectivity index (χ4v) is 3.44. The molecule has 0 aliphatic carbocycles. The zero-order valence-corrected chi connectivity index (χ0v) is 16.0. The van der Waals surface area contributed by atoms with Crippen LogP contribution in [-0.2, 0) is 9.59 Å². The van der Waals surface area contributed by atoms with E-state index in [1.54, 1.807) is 36.4 Å². The lowest BCUT2D eigenvalue weighted by molar-refractivity contribution is -0.137. The Morgan fingerprint density at radius 2 is 1.90 bits per heavy atom. The SMILES string of the molecule is O=C1C=C(Nc2ccc3cc(-n4nnc5ccccc54)c(=O)oc3c2)C(=O)N1CCO. The number of hydrogen-bond donors (Lipinski definition) is 2. The van der Waals surface area contributed by atoms with E-state index in [0.29, 0.717) is 27.7 Å². The summed E-state index contributed by atoms with van der Waals surface area (Å²) in [6.45, 7) is -0.394. The van der Waals surface area contributed by atoms with Crippen molar-refractivity contribution in [1.82, 2.24) is 19.9 Å². The van der Waals surface area contributed by atoms with E-state index >= 15 is 0 Å². The number of aliphatic hydroxyl groups excluding tert-OH is 1. The number of hydrogen-bond acceptors (Lipinski definition) is 8. The highest BCUT2D eigenvalue weighted by molar-refractivity contribution is 6.17. The number of rotatable bonds is 5. The van der Waals surface area contributed by atoms with Crippen LogP contribution in [0.25, 0.3) is 27.7 Å². The molecular weight excluding hydrogens is 402 g/mol. The van der Waals surface area contributed by atoms with Crippen LogP contribution in [0.4, 0.5) is 5.69 Å². The molecule has 2 aromatic carbocycles. The topological polar surface area (TPSA) is 131 Å². The standard InChI is InChI=1S/C21H15N5O5/c27-8-7-25-19(28)11-15(20(25)29)22-13-6-5-12-9-17(21(30)31-18(12)10-13)26-16-4-2-1-3-14(16)23-24-26/h1-6,9-11,22,27H,7-8H2. The van der Waals surface area contributed by atoms with E-state index < -0.39 is 17.4 Å². The second-order valence-corrected chi connectivity index (χ2v) is 6.86. The number of carbonyl (C=O) groups excluding carboxylic acids is 2. The maximum atomic E-state index is 12.6. The molecule has 0 saturated heterocycles. The average molecular weight is 417 g/mol. The van der Waals surface area contributed by atoms with Crippen molar-refractivity contribution < 1.29 is 19.1 Å². The molecule has 4 aromatic rings. The monoisotopic (exact) mass is 417 g/mol. The molecule has 0 unspecified atom stereocenters. The highest BCUT2D eigenvalue weighted by Gasteiger charge is 2.30. The fraction of sp³-hybridized carbons (Fsp3) is 0.0952. The first-order valence-corrected chi connectivity index (χ1v) is 9.39. The van der Waals surface area contributed by atoms with E-state index in [0.717, 1.165) is 11.0 Å². The second-order valence-electron chi connectivity index (χ2n) is 6.86. The van der Waals surface area contributed by atoms with E-state index in [-0.39, 0.29) is 24.5 Å². The molecule has 154 valence electrons. The molecule has 0 radical (unpaired) electrons. The number of fused-ring (bicyclic) bond motifs is 2. The van der Waals surface area contributed by atoms with Crippen molar-refractivity contribution in [3.05, 3.63) is 70.7 Å². The van der Waals surface area contributed by atoms with Crippen LogP contribution < -0.4 is 10.9 Å². The van der Waals surface area contributed by atoms with Crippen molar-refractivity contribution in [3.63, 3.8) is 0 Å². The molecule has 1 aliphatic heterocycles. The molecule has 0 fully saturated rings. The number of aromatic nitrogens is 3. The van der Waals surface area contributed by atoms with Crippen LogP contribution in [-0.4, -0.2) is 50.0 Å². The molecule has 2 aromatic heterocycles. The Balaban J connectivity index is 1.49. The van der Waals surface area contributed by atoms with Gasteiger partial charge in [-0.25, -0.2) is 9.48 Å². The maximum Gasteiger partial charge on any atom is 0.362 e. The largest absolute Gasteiger partial charge is 0.421 e. The van der Waals surface area contributed by atoms with Crippen LogP contribution in [0.3, 0.4) is 0 Å². The van der Waals surface area contributed by atoms with Gasteiger partial charge in [0.15, 0.2) is 5.69 Å². The lowest BCUT2D eigenvalue weighted by Crippen LogP contribution is -2.34. The molecule has 1 aliphatic rings. The maximum absolute atomic E-state index is 12.6. The summed E-state index contributed by atoms with van der Waals surface area (Å²) in [4.78, 5) is 37.7. The number of aliphatic hydroxyl groups is 1. The van der Waals surface area contributed by atoms with Gasteiger partial charge >= 0.3 is 5.63 Å². The van der Waals surface area contributed by atoms with Gasteiger partial charge in [0.1, 0.15) is 16.8 Å². The van der Waals surface area contributed by atoms with Gasteiger partial charge in [-0.15, -0.1) is 5.10 Å². The highest BCUT2D eigenvalue weighted by Crippen LogP contribution is 2.23. The van der Waals surface area contributed by atoms with E-state index in [4.69, 9.17) is 9.52 Å². The second kappa shape index (κ2) is 7.18. The average Bonchev–Trinajstić information content (AvgIpc) is 3.30. The molecule has 0 bridgehead atoms. The van der Waals surface area contributed by atoms with Crippen molar-refractivity contribution in [2.75, 3.05) is 18.5 Å². The van der Waals surface area contributed by atoms with Gasteiger partial charge in [0, 0.05) is 23.2 Å². The first kappa shape index (κ1) is 18.7. The van der Waals surface area contributed by atoms with Crippen LogP contribution in [0.1, 0.15) is 0 Å². The summed E-state index contributed by atoms with van der Waals surface area (Å²) in [5.41, 5.74) is 1.80. The minimum Gasteiger partial charge on any atom is -0.421 e. The van der Waals surface area contributed by atoms with Gasteiger partial charge in [0.2, 0.25) is 0 Å². The van der Waals surface area contributed by atoms with Crippen molar-refractivity contribution in [2.24, 2.45) is 0 Å². The number of imide groups is 1. The molecule has 0 atom stereocenters. The van der Waals surface area contributed by atoms with Crippen molar-refractivity contribution >= 4 is 39.5 Å². The predicted octanol–water partition coefficient (Wildman–Crippen LogP) is 1.18. The Kier molecular flexibility index (Phi) is 4.33. The summed E-state index contributed by atoms with van der Waals surface area (Å²) in [6, 6.07) is 13.9. The van der Waals surface area contributed by atoms with Crippen molar-refractivity contribution in [3.8, 4) is 5.69 Å². The van der Waals surface area contributed by atoms with Gasteiger partial charge in [-0.3, -0.25) is 14.5 Å². The van der Waals surface area contributed by atoms with Crippen molar-refractivity contribution in [1.29, 1.82) is 0 Å². The number of nitrogens with one attached hydrogen (secondary N) is 1. The molecule has 10 nitrogen and oxygen atoms in total. The molecule has 2 N–H and O–H groups in total. The Morgan fingerprint density at radius 1 is 1.06 bits per heavy atom. The third-order valence-electron chi connectivity index (χ3n) is 4.91. The summed E-state index contributed by atoms with van der Waals surface area (Å²) in [6.07, 6.45) is 1.16. The minimum absolute atomic E-state index is 0.0749. The first-order chi connectivity index (χ1) is 15.0. The molecule has 2 amide bonds. The van der Waals surface area contributed by atoms with Crippen LogP contribution in [0.2, 0.25) is 0 Å². The summed E-state index contributed by atoms with van der Waals surface area (Å²) in [5, 5.41) is 20.6. The Morgan fingerprint density at radius 3 is 2.74 bits per heavy atom. The van der Waals surface area contributed by atoms with Crippen molar-refractivity contribution in [2.45, 2.75) is 0 Å². The molecule has 10 heteroatoms. The van der Waals surface area contributed by atoms with Crippen LogP contribution in [0.15, 0.2) is 69.5 Å². The number of carbonyl (C=O) groups is 2. The molecular formula is C21H15N5O5. The quantitative estimate of drug-likeness (QED) is 0.366. The Labute approximate surface area is 174 Å². The molecule has 3 heterocycles. The lowest BCUT2D eigenvalue weighted by Gasteiger charge is -2.13. The van der Waals surface area contributed by atoms with E-state index in [9.17, 15) is 14.4 Å². The minimum atomic E-state index is -0.597. The first-order valence-electron chi connectivity index (χ1n) is 9.39. The lowest BCUT2D eigenvalue weighted by atomic mass is 10.2. The molecule has 0 spiro atoms. The van der Waals surface area contributed by atoms with Gasteiger partial charge in [0.05, 0.1) is 18.7 Å². The van der Waals surface area contributed by atoms with E-state index in [2.05, 4.69) is 15.6 Å². The van der Waals surface area contributed by atoms with Gasteiger partial charge in [-0.2, -0.15) is 0 Å². The smallest absolute Gasteiger partial charge is 0.362 e. The zero-order valence-electron chi connectivity index (χ0n) is 16.0. The third kappa shape index (κ3) is 3.15. The number of amides is 2. The highest BCUT2D eigenvalue weighted by atomic mass is 16.4. The number of nitrogens with zero attached hydrogens (tertiary/aromatic N) is 4. The zero-order chi connectivity index (χ0) is 21.5. The van der Waals surface area contributed by atoms with Gasteiger partial charge < -0.3 is 14.8 Å². The summed E-state index contributed by atoms with van der Waals surface area (Å²) in [7, 11) is 0. The normalized spacial score (nSPS) is 14.0. The van der Waals surface area contributed by atoms with Gasteiger partial charge in [-0.1, -0.05) is 17.3 Å².